The fraction of sp³-hybridized carbons (Fsp3) is 0.522. The summed E-state index contributed by atoms with van der Waals surface area (Å²) >= 11 is 0. The summed E-state index contributed by atoms with van der Waals surface area (Å²) in [6.07, 6.45) is 6.15. The number of hydrogen-bond acceptors (Lipinski definition) is 3. The number of hydrogen-bond donors (Lipinski definition) is 1. The SMILES string of the molecule is CC(=O)N1CCn2c(-c3ccccc3)nc(C(=O)N[C@@H](C)C3CCCCC3)c2C1. The lowest BCUT2D eigenvalue weighted by atomic mass is 9.84. The minimum atomic E-state index is -0.126. The summed E-state index contributed by atoms with van der Waals surface area (Å²) in [6, 6.07) is 10.1. The van der Waals surface area contributed by atoms with Crippen molar-refractivity contribution in [2.75, 3.05) is 6.54 Å². The van der Waals surface area contributed by atoms with E-state index in [4.69, 9.17) is 4.98 Å². The first-order valence-corrected chi connectivity index (χ1v) is 10.8. The summed E-state index contributed by atoms with van der Waals surface area (Å²) in [5.41, 5.74) is 2.28. The van der Waals surface area contributed by atoms with Crippen molar-refractivity contribution < 1.29 is 9.59 Å². The third kappa shape index (κ3) is 4.07. The van der Waals surface area contributed by atoms with Gasteiger partial charge in [-0.3, -0.25) is 9.59 Å². The minimum Gasteiger partial charge on any atom is -0.348 e. The van der Waals surface area contributed by atoms with Crippen molar-refractivity contribution in [1.82, 2.24) is 19.8 Å². The maximum atomic E-state index is 13.2. The highest BCUT2D eigenvalue weighted by atomic mass is 16.2. The van der Waals surface area contributed by atoms with E-state index in [1.54, 1.807) is 11.8 Å². The molecule has 154 valence electrons. The molecule has 4 rings (SSSR count). The average molecular weight is 395 g/mol. The van der Waals surface area contributed by atoms with Crippen LogP contribution in [0, 0.1) is 5.92 Å². The van der Waals surface area contributed by atoms with Crippen molar-refractivity contribution in [3.05, 3.63) is 41.7 Å². The lowest BCUT2D eigenvalue weighted by molar-refractivity contribution is -0.130. The zero-order valence-electron chi connectivity index (χ0n) is 17.4. The van der Waals surface area contributed by atoms with Gasteiger partial charge in [0.2, 0.25) is 5.91 Å². The molecule has 1 saturated carbocycles. The molecule has 1 fully saturated rings. The van der Waals surface area contributed by atoms with Gasteiger partial charge in [-0.15, -0.1) is 0 Å². The smallest absolute Gasteiger partial charge is 0.272 e. The molecule has 1 N–H and O–H groups in total. The standard InChI is InChI=1S/C23H30N4O2/c1-16(18-9-5-3-6-10-18)24-23(29)21-20-15-26(17(2)28)13-14-27(20)22(25-21)19-11-7-4-8-12-19/h4,7-8,11-12,16,18H,3,5-6,9-10,13-15H2,1-2H3,(H,24,29)/t16-/m0/s1. The van der Waals surface area contributed by atoms with Crippen LogP contribution >= 0.6 is 0 Å². The molecule has 2 amide bonds. The first-order valence-electron chi connectivity index (χ1n) is 10.8. The number of aromatic nitrogens is 2. The molecular weight excluding hydrogens is 364 g/mol. The number of nitrogens with zero attached hydrogens (tertiary/aromatic N) is 3. The highest BCUT2D eigenvalue weighted by molar-refractivity contribution is 5.94. The number of imidazole rings is 1. The number of nitrogens with one attached hydrogen (secondary N) is 1. The van der Waals surface area contributed by atoms with Crippen molar-refractivity contribution in [3.8, 4) is 11.4 Å². The lowest BCUT2D eigenvalue weighted by Gasteiger charge is -2.29. The number of fused-ring (bicyclic) bond motifs is 1. The second-order valence-electron chi connectivity index (χ2n) is 8.35. The van der Waals surface area contributed by atoms with Crippen LogP contribution in [0.3, 0.4) is 0 Å². The van der Waals surface area contributed by atoms with Crippen molar-refractivity contribution in [2.24, 2.45) is 5.92 Å². The molecule has 1 atom stereocenters. The van der Waals surface area contributed by atoms with Crippen LogP contribution in [0.5, 0.6) is 0 Å². The molecule has 2 aromatic rings. The molecule has 2 heterocycles. The Morgan fingerprint density at radius 1 is 1.10 bits per heavy atom. The third-order valence-corrected chi connectivity index (χ3v) is 6.41. The van der Waals surface area contributed by atoms with Crippen LogP contribution in [0.15, 0.2) is 30.3 Å². The van der Waals surface area contributed by atoms with Gasteiger partial charge in [0, 0.05) is 31.6 Å². The van der Waals surface area contributed by atoms with E-state index in [0.717, 1.165) is 17.1 Å². The molecule has 6 nitrogen and oxygen atoms in total. The van der Waals surface area contributed by atoms with E-state index in [2.05, 4.69) is 16.8 Å². The molecule has 1 aromatic carbocycles. The average Bonchev–Trinajstić information content (AvgIpc) is 3.14. The molecule has 0 radical (unpaired) electrons. The van der Waals surface area contributed by atoms with E-state index >= 15 is 0 Å². The Morgan fingerprint density at radius 2 is 1.83 bits per heavy atom. The lowest BCUT2D eigenvalue weighted by Crippen LogP contribution is -2.41. The van der Waals surface area contributed by atoms with Crippen LogP contribution in [0.25, 0.3) is 11.4 Å². The van der Waals surface area contributed by atoms with Crippen LogP contribution in [-0.2, 0) is 17.9 Å². The second kappa shape index (κ2) is 8.39. The van der Waals surface area contributed by atoms with Gasteiger partial charge in [0.05, 0.1) is 12.2 Å². The fourth-order valence-electron chi connectivity index (χ4n) is 4.65. The molecule has 0 bridgehead atoms. The zero-order valence-corrected chi connectivity index (χ0v) is 17.4. The minimum absolute atomic E-state index is 0.0284. The summed E-state index contributed by atoms with van der Waals surface area (Å²) in [5.74, 6) is 1.24. The number of carbonyl (C=O) groups excluding carboxylic acids is 2. The maximum absolute atomic E-state index is 13.2. The molecule has 1 aromatic heterocycles. The maximum Gasteiger partial charge on any atom is 0.272 e. The van der Waals surface area contributed by atoms with Gasteiger partial charge in [-0.05, 0) is 25.7 Å². The third-order valence-electron chi connectivity index (χ3n) is 6.41. The van der Waals surface area contributed by atoms with Gasteiger partial charge in [-0.1, -0.05) is 49.6 Å². The normalized spacial score (nSPS) is 18.2. The van der Waals surface area contributed by atoms with Crippen LogP contribution in [0.4, 0.5) is 0 Å². The zero-order chi connectivity index (χ0) is 20.4. The van der Waals surface area contributed by atoms with E-state index in [0.29, 0.717) is 31.2 Å². The Balaban J connectivity index is 1.64. The Labute approximate surface area is 172 Å². The number of amides is 2. The summed E-state index contributed by atoms with van der Waals surface area (Å²) in [7, 11) is 0. The van der Waals surface area contributed by atoms with Crippen molar-refractivity contribution in [3.63, 3.8) is 0 Å². The van der Waals surface area contributed by atoms with Crippen LogP contribution in [-0.4, -0.2) is 38.9 Å². The molecule has 29 heavy (non-hydrogen) atoms. The summed E-state index contributed by atoms with van der Waals surface area (Å²) in [5, 5.41) is 3.21. The van der Waals surface area contributed by atoms with E-state index < -0.39 is 0 Å². The van der Waals surface area contributed by atoms with Gasteiger partial charge in [0.25, 0.3) is 5.91 Å². The molecule has 0 saturated heterocycles. The van der Waals surface area contributed by atoms with Gasteiger partial charge >= 0.3 is 0 Å². The first-order chi connectivity index (χ1) is 14.0. The van der Waals surface area contributed by atoms with Crippen molar-refractivity contribution >= 4 is 11.8 Å². The molecule has 1 aliphatic heterocycles. The van der Waals surface area contributed by atoms with Gasteiger partial charge < -0.3 is 14.8 Å². The summed E-state index contributed by atoms with van der Waals surface area (Å²) in [6.45, 7) is 5.40. The molecule has 6 heteroatoms. The predicted octanol–water partition coefficient (Wildman–Crippen LogP) is 3.61. The molecular formula is C23H30N4O2. The van der Waals surface area contributed by atoms with Gasteiger partial charge in [-0.25, -0.2) is 4.98 Å². The Hall–Kier alpha value is -2.63. The van der Waals surface area contributed by atoms with Gasteiger partial charge in [0.1, 0.15) is 5.82 Å². The topological polar surface area (TPSA) is 67.2 Å². The van der Waals surface area contributed by atoms with Crippen LogP contribution in [0.1, 0.15) is 62.1 Å². The Kier molecular flexibility index (Phi) is 5.69. The van der Waals surface area contributed by atoms with E-state index in [9.17, 15) is 9.59 Å². The monoisotopic (exact) mass is 394 g/mol. The van der Waals surface area contributed by atoms with Gasteiger partial charge in [-0.2, -0.15) is 0 Å². The molecule has 0 spiro atoms. The van der Waals surface area contributed by atoms with Crippen LogP contribution in [0.2, 0.25) is 0 Å². The van der Waals surface area contributed by atoms with Crippen LogP contribution < -0.4 is 5.32 Å². The number of rotatable bonds is 4. The molecule has 2 aliphatic rings. The predicted molar refractivity (Wildman–Crippen MR) is 112 cm³/mol. The fourth-order valence-corrected chi connectivity index (χ4v) is 4.65. The summed E-state index contributed by atoms with van der Waals surface area (Å²) in [4.78, 5) is 31.7. The first kappa shape index (κ1) is 19.7. The molecule has 1 aliphatic carbocycles. The van der Waals surface area contributed by atoms with Gasteiger partial charge in [0.15, 0.2) is 5.69 Å². The summed E-state index contributed by atoms with van der Waals surface area (Å²) < 4.78 is 2.11. The van der Waals surface area contributed by atoms with E-state index in [1.807, 2.05) is 30.3 Å². The Bertz CT molecular complexity index is 884. The van der Waals surface area contributed by atoms with E-state index in [1.165, 1.54) is 32.1 Å². The highest BCUT2D eigenvalue weighted by Crippen LogP contribution is 2.28. The van der Waals surface area contributed by atoms with Crippen molar-refractivity contribution in [2.45, 2.75) is 65.1 Å². The number of carbonyl (C=O) groups is 2. The van der Waals surface area contributed by atoms with Crippen molar-refractivity contribution in [1.29, 1.82) is 0 Å². The quantitative estimate of drug-likeness (QED) is 0.861. The second-order valence-corrected chi connectivity index (χ2v) is 8.35. The molecule has 0 unspecified atom stereocenters. The Morgan fingerprint density at radius 3 is 2.52 bits per heavy atom. The van der Waals surface area contributed by atoms with E-state index in [-0.39, 0.29) is 17.9 Å². The number of benzene rings is 1. The largest absolute Gasteiger partial charge is 0.348 e. The highest BCUT2D eigenvalue weighted by Gasteiger charge is 2.30.